The Labute approximate surface area is 98.8 Å². The van der Waals surface area contributed by atoms with Crippen molar-refractivity contribution in [1.29, 1.82) is 5.26 Å². The van der Waals surface area contributed by atoms with Crippen LogP contribution in [-0.4, -0.2) is 17.5 Å². The van der Waals surface area contributed by atoms with E-state index in [-0.39, 0.29) is 5.56 Å². The van der Waals surface area contributed by atoms with E-state index in [0.29, 0.717) is 6.04 Å². The molecule has 0 radical (unpaired) electrons. The Kier molecular flexibility index (Phi) is 3.68. The molecule has 0 saturated carbocycles. The number of halogens is 1. The van der Waals surface area contributed by atoms with Crippen molar-refractivity contribution < 1.29 is 4.39 Å². The summed E-state index contributed by atoms with van der Waals surface area (Å²) < 4.78 is 13.1. The second-order valence-electron chi connectivity index (χ2n) is 3.86. The minimum absolute atomic E-state index is 0.105. The van der Waals surface area contributed by atoms with E-state index in [1.54, 1.807) is 12.1 Å². The molecule has 1 atom stereocenters. The van der Waals surface area contributed by atoms with E-state index in [1.807, 2.05) is 17.8 Å². The molecule has 0 aromatic heterocycles. The van der Waals surface area contributed by atoms with Crippen molar-refractivity contribution in [2.75, 3.05) is 16.8 Å². The molecule has 4 heteroatoms. The number of hydrogen-bond acceptors (Lipinski definition) is 3. The fourth-order valence-corrected chi connectivity index (χ4v) is 2.86. The normalized spacial score (nSPS) is 20.1. The minimum Gasteiger partial charge on any atom is -0.381 e. The first-order valence-electron chi connectivity index (χ1n) is 5.33. The van der Waals surface area contributed by atoms with Gasteiger partial charge in [-0.1, -0.05) is 0 Å². The summed E-state index contributed by atoms with van der Waals surface area (Å²) >= 11 is 1.93. The lowest BCUT2D eigenvalue weighted by molar-refractivity contribution is 0.623. The summed E-state index contributed by atoms with van der Waals surface area (Å²) in [5.41, 5.74) is 0.943. The van der Waals surface area contributed by atoms with Gasteiger partial charge in [0.25, 0.3) is 0 Å². The van der Waals surface area contributed by atoms with Gasteiger partial charge in [-0.3, -0.25) is 0 Å². The molecule has 1 unspecified atom stereocenters. The summed E-state index contributed by atoms with van der Waals surface area (Å²) in [6.45, 7) is 0. The molecule has 1 fully saturated rings. The largest absolute Gasteiger partial charge is 0.381 e. The molecule has 0 aliphatic carbocycles. The van der Waals surface area contributed by atoms with E-state index in [2.05, 4.69) is 5.32 Å². The fourth-order valence-electron chi connectivity index (χ4n) is 1.79. The number of thioether (sulfide) groups is 1. The molecule has 2 nitrogen and oxygen atoms in total. The lowest BCUT2D eigenvalue weighted by Gasteiger charge is -2.23. The topological polar surface area (TPSA) is 35.8 Å². The van der Waals surface area contributed by atoms with Crippen molar-refractivity contribution in [3.05, 3.63) is 29.6 Å². The van der Waals surface area contributed by atoms with Crippen molar-refractivity contribution in [2.45, 2.75) is 18.9 Å². The van der Waals surface area contributed by atoms with Gasteiger partial charge in [0.15, 0.2) is 0 Å². The van der Waals surface area contributed by atoms with E-state index >= 15 is 0 Å². The van der Waals surface area contributed by atoms with Crippen LogP contribution in [0.1, 0.15) is 18.4 Å². The molecule has 1 aromatic rings. The monoisotopic (exact) mass is 236 g/mol. The molecule has 0 amide bonds. The Bertz CT molecular complexity index is 408. The van der Waals surface area contributed by atoms with Gasteiger partial charge in [-0.15, -0.1) is 0 Å². The van der Waals surface area contributed by atoms with Crippen molar-refractivity contribution in [2.24, 2.45) is 0 Å². The van der Waals surface area contributed by atoms with Crippen LogP contribution >= 0.6 is 11.8 Å². The predicted octanol–water partition coefficient (Wildman–Crippen LogP) is 3.00. The number of rotatable bonds is 2. The molecule has 1 saturated heterocycles. The van der Waals surface area contributed by atoms with Gasteiger partial charge in [0.1, 0.15) is 11.9 Å². The molecule has 0 bridgehead atoms. The van der Waals surface area contributed by atoms with Gasteiger partial charge in [-0.2, -0.15) is 17.0 Å². The summed E-state index contributed by atoms with van der Waals surface area (Å²) in [4.78, 5) is 0. The van der Waals surface area contributed by atoms with Gasteiger partial charge in [-0.25, -0.2) is 4.39 Å². The standard InChI is InChI=1S/C12H13FN2S/c13-12-4-3-10(6-9(12)7-14)15-11-2-1-5-16-8-11/h3-4,6,11,15H,1-2,5,8H2. The maximum atomic E-state index is 13.1. The zero-order chi connectivity index (χ0) is 11.4. The van der Waals surface area contributed by atoms with E-state index in [4.69, 9.17) is 5.26 Å². The number of nitrogens with zero attached hydrogens (tertiary/aromatic N) is 1. The molecule has 1 aliphatic heterocycles. The molecule has 1 N–H and O–H groups in total. The number of hydrogen-bond donors (Lipinski definition) is 1. The van der Waals surface area contributed by atoms with E-state index < -0.39 is 5.82 Å². The fraction of sp³-hybridized carbons (Fsp3) is 0.417. The molecule has 1 aliphatic rings. The van der Waals surface area contributed by atoms with Crippen molar-refractivity contribution in [1.82, 2.24) is 0 Å². The van der Waals surface area contributed by atoms with Crippen LogP contribution in [0.5, 0.6) is 0 Å². The number of benzene rings is 1. The van der Waals surface area contributed by atoms with Crippen LogP contribution in [0.15, 0.2) is 18.2 Å². The molecule has 1 heterocycles. The SMILES string of the molecule is N#Cc1cc(NC2CCCSC2)ccc1F. The zero-order valence-corrected chi connectivity index (χ0v) is 9.69. The summed E-state index contributed by atoms with van der Waals surface area (Å²) in [6.07, 6.45) is 2.36. The Morgan fingerprint density at radius 2 is 2.38 bits per heavy atom. The number of nitriles is 1. The van der Waals surface area contributed by atoms with Crippen LogP contribution in [0.2, 0.25) is 0 Å². The highest BCUT2D eigenvalue weighted by atomic mass is 32.2. The number of nitrogens with one attached hydrogen (secondary N) is 1. The van der Waals surface area contributed by atoms with Crippen LogP contribution < -0.4 is 5.32 Å². The minimum atomic E-state index is -0.453. The number of anilines is 1. The average molecular weight is 236 g/mol. The summed E-state index contributed by atoms with van der Waals surface area (Å²) in [7, 11) is 0. The molecular formula is C12H13FN2S. The van der Waals surface area contributed by atoms with Crippen molar-refractivity contribution in [3.63, 3.8) is 0 Å². The highest BCUT2D eigenvalue weighted by Gasteiger charge is 2.13. The Hall–Kier alpha value is -1.21. The van der Waals surface area contributed by atoms with Crippen molar-refractivity contribution >= 4 is 17.4 Å². The van der Waals surface area contributed by atoms with Crippen LogP contribution in [-0.2, 0) is 0 Å². The van der Waals surface area contributed by atoms with Gasteiger partial charge >= 0.3 is 0 Å². The summed E-state index contributed by atoms with van der Waals surface area (Å²) in [5.74, 6) is 1.86. The Balaban J connectivity index is 2.06. The summed E-state index contributed by atoms with van der Waals surface area (Å²) in [5, 5.41) is 12.1. The highest BCUT2D eigenvalue weighted by Crippen LogP contribution is 2.22. The Morgan fingerprint density at radius 1 is 1.50 bits per heavy atom. The van der Waals surface area contributed by atoms with Crippen LogP contribution in [0.3, 0.4) is 0 Å². The maximum absolute atomic E-state index is 13.1. The average Bonchev–Trinajstić information content (AvgIpc) is 2.33. The van der Waals surface area contributed by atoms with E-state index in [0.717, 1.165) is 17.9 Å². The van der Waals surface area contributed by atoms with Gasteiger partial charge in [0, 0.05) is 17.5 Å². The predicted molar refractivity (Wildman–Crippen MR) is 65.1 cm³/mol. The third kappa shape index (κ3) is 2.67. The molecule has 16 heavy (non-hydrogen) atoms. The van der Waals surface area contributed by atoms with E-state index in [9.17, 15) is 4.39 Å². The third-order valence-corrected chi connectivity index (χ3v) is 3.83. The summed E-state index contributed by atoms with van der Waals surface area (Å²) in [6, 6.07) is 6.91. The zero-order valence-electron chi connectivity index (χ0n) is 8.87. The second kappa shape index (κ2) is 5.22. The third-order valence-electron chi connectivity index (χ3n) is 2.62. The lowest BCUT2D eigenvalue weighted by atomic mass is 10.1. The Morgan fingerprint density at radius 3 is 3.06 bits per heavy atom. The van der Waals surface area contributed by atoms with Gasteiger partial charge in [-0.05, 0) is 36.8 Å². The van der Waals surface area contributed by atoms with E-state index in [1.165, 1.54) is 18.2 Å². The first kappa shape index (κ1) is 11.3. The smallest absolute Gasteiger partial charge is 0.141 e. The quantitative estimate of drug-likeness (QED) is 0.857. The van der Waals surface area contributed by atoms with Crippen molar-refractivity contribution in [3.8, 4) is 6.07 Å². The van der Waals surface area contributed by atoms with Crippen LogP contribution in [0.25, 0.3) is 0 Å². The molecule has 2 rings (SSSR count). The molecule has 0 spiro atoms. The molecule has 84 valence electrons. The van der Waals surface area contributed by atoms with Crippen LogP contribution in [0, 0.1) is 17.1 Å². The molecular weight excluding hydrogens is 223 g/mol. The second-order valence-corrected chi connectivity index (χ2v) is 5.01. The van der Waals surface area contributed by atoms with Crippen LogP contribution in [0.4, 0.5) is 10.1 Å². The first-order chi connectivity index (χ1) is 7.79. The van der Waals surface area contributed by atoms with Gasteiger partial charge in [0.2, 0.25) is 0 Å². The highest BCUT2D eigenvalue weighted by molar-refractivity contribution is 7.99. The molecule has 1 aromatic carbocycles. The van der Waals surface area contributed by atoms with Gasteiger partial charge in [0.05, 0.1) is 5.56 Å². The lowest BCUT2D eigenvalue weighted by Crippen LogP contribution is -2.25. The maximum Gasteiger partial charge on any atom is 0.141 e. The first-order valence-corrected chi connectivity index (χ1v) is 6.49. The van der Waals surface area contributed by atoms with Gasteiger partial charge < -0.3 is 5.32 Å².